The van der Waals surface area contributed by atoms with Gasteiger partial charge in [-0.3, -0.25) is 9.59 Å². The highest BCUT2D eigenvalue weighted by molar-refractivity contribution is 5.95. The Kier molecular flexibility index (Phi) is 25.5. The number of ether oxygens (including phenoxy) is 2. The van der Waals surface area contributed by atoms with E-state index in [1.54, 1.807) is 0 Å². The van der Waals surface area contributed by atoms with Crippen LogP contribution in [-0.2, 0) is 28.7 Å². The number of nitrogens with one attached hydrogen (secondary N) is 2. The van der Waals surface area contributed by atoms with E-state index in [1.165, 1.54) is 0 Å². The Labute approximate surface area is 255 Å². The fraction of sp³-hybridized carbons (Fsp3) is 0.455. The molecule has 0 aliphatic rings. The third kappa shape index (κ3) is 24.3. The maximum Gasteiger partial charge on any atom is 0.330 e. The largest absolute Gasteiger partial charge is 0.466 e. The summed E-state index contributed by atoms with van der Waals surface area (Å²) in [6.45, 7) is 0.569. The van der Waals surface area contributed by atoms with Gasteiger partial charge in [0.05, 0.1) is 20.3 Å². The lowest BCUT2D eigenvalue weighted by atomic mass is 10.2. The molecule has 0 fully saturated rings. The molecule has 0 aromatic rings. The number of aliphatic hydroxyl groups is 2. The van der Waals surface area contributed by atoms with Gasteiger partial charge in [-0.1, -0.05) is 79.8 Å². The summed E-state index contributed by atoms with van der Waals surface area (Å²) >= 11 is 0. The first kappa shape index (κ1) is 39.0. The van der Waals surface area contributed by atoms with E-state index in [2.05, 4.69) is 77.0 Å². The minimum absolute atomic E-state index is 0.0889. The summed E-state index contributed by atoms with van der Waals surface area (Å²) in [5, 5.41) is 23.2. The molecule has 1 atom stereocenters. The van der Waals surface area contributed by atoms with Gasteiger partial charge in [-0.15, -0.1) is 0 Å². The number of methoxy groups -OCH3 is 1. The standard InChI is InChI=1S/C33H48N2O8/c1-3-4-5-6-7-8-9-10-11-12-13-14-15-16-17-18-19-20-21-22-31(39)35-29(33(41)43-28(26-36)27-37)25-34-30(38)23-24-32(40)42-2/h4-5,7-8,10-11,13-14,16-17,19-20,23-24,28-29,36-37H,3,6,9,12,15,18,21-22,25-27H2,1-2H3,(H,34,38)(H,35,39). The van der Waals surface area contributed by atoms with Crippen molar-refractivity contribution in [1.82, 2.24) is 10.6 Å². The van der Waals surface area contributed by atoms with Gasteiger partial charge in [-0.2, -0.15) is 0 Å². The van der Waals surface area contributed by atoms with Crippen LogP contribution in [0.1, 0.15) is 58.3 Å². The Bertz CT molecular complexity index is 1000. The molecule has 0 bridgehead atoms. The minimum atomic E-state index is -1.27. The molecule has 4 N–H and O–H groups in total. The van der Waals surface area contributed by atoms with Crippen LogP contribution in [0.4, 0.5) is 0 Å². The van der Waals surface area contributed by atoms with Gasteiger partial charge >= 0.3 is 11.9 Å². The lowest BCUT2D eigenvalue weighted by Gasteiger charge is -2.20. The van der Waals surface area contributed by atoms with Gasteiger partial charge in [-0.05, 0) is 44.9 Å². The van der Waals surface area contributed by atoms with Crippen molar-refractivity contribution in [3.05, 3.63) is 85.1 Å². The average molecular weight is 601 g/mol. The van der Waals surface area contributed by atoms with Crippen molar-refractivity contribution in [3.63, 3.8) is 0 Å². The van der Waals surface area contributed by atoms with Crippen molar-refractivity contribution in [3.8, 4) is 0 Å². The van der Waals surface area contributed by atoms with Gasteiger partial charge in [0.2, 0.25) is 11.8 Å². The van der Waals surface area contributed by atoms with Crippen molar-refractivity contribution in [2.24, 2.45) is 0 Å². The summed E-state index contributed by atoms with van der Waals surface area (Å²) < 4.78 is 9.37. The molecule has 0 aliphatic heterocycles. The molecule has 0 aromatic carbocycles. The lowest BCUT2D eigenvalue weighted by Crippen LogP contribution is -2.50. The van der Waals surface area contributed by atoms with E-state index in [9.17, 15) is 19.2 Å². The highest BCUT2D eigenvalue weighted by Crippen LogP contribution is 2.00. The molecule has 238 valence electrons. The molecule has 0 saturated carbocycles. The van der Waals surface area contributed by atoms with E-state index >= 15 is 0 Å². The zero-order chi connectivity index (χ0) is 32.0. The topological polar surface area (TPSA) is 151 Å². The van der Waals surface area contributed by atoms with E-state index in [1.807, 2.05) is 18.2 Å². The van der Waals surface area contributed by atoms with Crippen molar-refractivity contribution < 1.29 is 38.9 Å². The van der Waals surface area contributed by atoms with Crippen LogP contribution in [-0.4, -0.2) is 73.0 Å². The Morgan fingerprint density at radius 3 is 1.67 bits per heavy atom. The molecule has 0 radical (unpaired) electrons. The molecular weight excluding hydrogens is 552 g/mol. The zero-order valence-corrected chi connectivity index (χ0v) is 25.4. The van der Waals surface area contributed by atoms with Crippen LogP contribution in [0, 0.1) is 0 Å². The van der Waals surface area contributed by atoms with Crippen LogP contribution in [0.3, 0.4) is 0 Å². The SMILES string of the molecule is CCC=CCC=CCC=CCC=CCC=CCC=CCCC(=O)NC(CNC(=O)C=CC(=O)OC)C(=O)OC(CO)CO. The third-order valence-corrected chi connectivity index (χ3v) is 5.50. The number of aliphatic hydroxyl groups excluding tert-OH is 2. The van der Waals surface area contributed by atoms with E-state index < -0.39 is 49.1 Å². The van der Waals surface area contributed by atoms with Crippen LogP contribution in [0.2, 0.25) is 0 Å². The molecule has 0 aliphatic carbocycles. The molecule has 0 heterocycles. The van der Waals surface area contributed by atoms with Crippen molar-refractivity contribution >= 4 is 23.8 Å². The summed E-state index contributed by atoms with van der Waals surface area (Å²) in [6.07, 6.45) is 31.8. The fourth-order valence-corrected chi connectivity index (χ4v) is 3.17. The van der Waals surface area contributed by atoms with Crippen LogP contribution >= 0.6 is 0 Å². The molecule has 0 saturated heterocycles. The van der Waals surface area contributed by atoms with E-state index in [-0.39, 0.29) is 13.0 Å². The molecule has 2 amide bonds. The van der Waals surface area contributed by atoms with E-state index in [0.29, 0.717) is 6.42 Å². The first-order chi connectivity index (χ1) is 20.9. The maximum atomic E-state index is 12.4. The summed E-state index contributed by atoms with van der Waals surface area (Å²) in [7, 11) is 1.16. The molecule has 10 heteroatoms. The number of rotatable bonds is 23. The highest BCUT2D eigenvalue weighted by atomic mass is 16.6. The first-order valence-electron chi connectivity index (χ1n) is 14.5. The summed E-state index contributed by atoms with van der Waals surface area (Å²) in [5.41, 5.74) is 0. The van der Waals surface area contributed by atoms with Gasteiger partial charge in [0, 0.05) is 25.1 Å². The summed E-state index contributed by atoms with van der Waals surface area (Å²) in [6, 6.07) is -1.27. The Balaban J connectivity index is 4.43. The zero-order valence-electron chi connectivity index (χ0n) is 25.4. The van der Waals surface area contributed by atoms with Crippen molar-refractivity contribution in [1.29, 1.82) is 0 Å². The highest BCUT2D eigenvalue weighted by Gasteiger charge is 2.25. The molecule has 1 unspecified atom stereocenters. The molecular formula is C33H48N2O8. The van der Waals surface area contributed by atoms with E-state index in [4.69, 9.17) is 14.9 Å². The summed E-state index contributed by atoms with van der Waals surface area (Å²) in [5.74, 6) is -2.82. The van der Waals surface area contributed by atoms with Gasteiger partial charge in [0.1, 0.15) is 12.1 Å². The number of hydrogen-bond acceptors (Lipinski definition) is 8. The number of amides is 2. The molecule has 0 spiro atoms. The second kappa shape index (κ2) is 28.1. The quantitative estimate of drug-likeness (QED) is 0.0788. The van der Waals surface area contributed by atoms with Crippen molar-refractivity contribution in [2.45, 2.75) is 70.4 Å². The normalized spacial score (nSPS) is 13.0. The number of carbonyl (C=O) groups is 4. The van der Waals surface area contributed by atoms with Gasteiger partial charge in [-0.25, -0.2) is 9.59 Å². The predicted molar refractivity (Wildman–Crippen MR) is 168 cm³/mol. The van der Waals surface area contributed by atoms with Crippen LogP contribution in [0.5, 0.6) is 0 Å². The Morgan fingerprint density at radius 2 is 1.21 bits per heavy atom. The maximum absolute atomic E-state index is 12.4. The monoisotopic (exact) mass is 600 g/mol. The van der Waals surface area contributed by atoms with Crippen LogP contribution in [0.15, 0.2) is 85.1 Å². The average Bonchev–Trinajstić information content (AvgIpc) is 3.01. The second-order valence-electron chi connectivity index (χ2n) is 9.10. The lowest BCUT2D eigenvalue weighted by molar-refractivity contribution is -0.157. The smallest absolute Gasteiger partial charge is 0.330 e. The van der Waals surface area contributed by atoms with Gasteiger partial charge in [0.25, 0.3) is 0 Å². The number of hydrogen-bond donors (Lipinski definition) is 4. The van der Waals surface area contributed by atoms with Gasteiger partial charge in [0.15, 0.2) is 0 Å². The van der Waals surface area contributed by atoms with Crippen molar-refractivity contribution in [2.75, 3.05) is 26.9 Å². The molecule has 0 rings (SSSR count). The van der Waals surface area contributed by atoms with E-state index in [0.717, 1.165) is 57.8 Å². The molecule has 43 heavy (non-hydrogen) atoms. The third-order valence-electron chi connectivity index (χ3n) is 5.50. The number of esters is 2. The van der Waals surface area contributed by atoms with Gasteiger partial charge < -0.3 is 30.3 Å². The number of allylic oxidation sites excluding steroid dienone is 12. The first-order valence-corrected chi connectivity index (χ1v) is 14.5. The Hall–Kier alpha value is -4.02. The summed E-state index contributed by atoms with van der Waals surface area (Å²) in [4.78, 5) is 47.9. The van der Waals surface area contributed by atoms with Crippen LogP contribution in [0.25, 0.3) is 0 Å². The Morgan fingerprint density at radius 1 is 0.721 bits per heavy atom. The fourth-order valence-electron chi connectivity index (χ4n) is 3.17. The molecule has 10 nitrogen and oxygen atoms in total. The number of carbonyl (C=O) groups excluding carboxylic acids is 4. The predicted octanol–water partition coefficient (Wildman–Crippen LogP) is 3.69. The second-order valence-corrected chi connectivity index (χ2v) is 9.10. The molecule has 0 aromatic heterocycles. The minimum Gasteiger partial charge on any atom is -0.466 e. The van der Waals surface area contributed by atoms with Crippen LogP contribution < -0.4 is 10.6 Å².